The molecule has 0 spiro atoms. The van der Waals surface area contributed by atoms with Crippen LogP contribution in [0, 0.1) is 20.8 Å². The molecule has 0 heteroatoms. The summed E-state index contributed by atoms with van der Waals surface area (Å²) < 4.78 is 0. The molecule has 0 fully saturated rings. The quantitative estimate of drug-likeness (QED) is 0.116. The van der Waals surface area contributed by atoms with Gasteiger partial charge in [-0.05, 0) is 124 Å². The maximum absolute atomic E-state index is 2.39. The van der Waals surface area contributed by atoms with Crippen molar-refractivity contribution in [3.63, 3.8) is 0 Å². The van der Waals surface area contributed by atoms with Crippen LogP contribution in [0.2, 0.25) is 0 Å². The highest BCUT2D eigenvalue weighted by atomic mass is 14.2. The third kappa shape index (κ3) is 8.06. The molecule has 57 heavy (non-hydrogen) atoms. The molecular formula is C57H60. The second-order valence-electron chi connectivity index (χ2n) is 19.3. The lowest BCUT2D eigenvalue weighted by Gasteiger charge is -2.22. The molecule has 0 aliphatic heterocycles. The Kier molecular flexibility index (Phi) is 10.6. The predicted octanol–water partition coefficient (Wildman–Crippen LogP) is 16.7. The maximum atomic E-state index is 2.39. The van der Waals surface area contributed by atoms with Gasteiger partial charge in [0.1, 0.15) is 0 Å². The summed E-state index contributed by atoms with van der Waals surface area (Å²) >= 11 is 0. The normalized spacial score (nSPS) is 12.2. The molecule has 0 aromatic heterocycles. The van der Waals surface area contributed by atoms with Crippen LogP contribution in [0.25, 0.3) is 65.0 Å². The highest BCUT2D eigenvalue weighted by Crippen LogP contribution is 2.45. The Morgan fingerprint density at radius 2 is 0.702 bits per heavy atom. The van der Waals surface area contributed by atoms with Crippen molar-refractivity contribution in [2.45, 2.75) is 99.3 Å². The highest BCUT2D eigenvalue weighted by molar-refractivity contribution is 6.28. The van der Waals surface area contributed by atoms with Crippen molar-refractivity contribution in [2.24, 2.45) is 0 Å². The lowest BCUT2D eigenvalue weighted by Crippen LogP contribution is -2.10. The average Bonchev–Trinajstić information content (AvgIpc) is 3.17. The lowest BCUT2D eigenvalue weighted by molar-refractivity contribution is 0.590. The van der Waals surface area contributed by atoms with Gasteiger partial charge in [-0.3, -0.25) is 0 Å². The zero-order chi connectivity index (χ0) is 40.9. The molecule has 9 rings (SSSR count). The first kappa shape index (κ1) is 39.8. The van der Waals surface area contributed by atoms with Gasteiger partial charge >= 0.3 is 0 Å². The van der Waals surface area contributed by atoms with Gasteiger partial charge in [-0.15, -0.1) is 0 Å². The fourth-order valence-electron chi connectivity index (χ4n) is 8.21. The average molecular weight is 745 g/mol. The van der Waals surface area contributed by atoms with Gasteiger partial charge in [-0.1, -0.05) is 219 Å². The molecule has 0 unspecified atom stereocenters. The van der Waals surface area contributed by atoms with Crippen LogP contribution in [-0.2, 0) is 16.2 Å². The van der Waals surface area contributed by atoms with E-state index in [1.54, 1.807) is 0 Å². The SMILES string of the molecule is Cc1c2ccccc2c(-c2ccc3ccc4cc(C(C)(C)C)cc5ccc2c3c45)c2ccccc12.Cc1ccc(C(C)(C)C)cc1.Cc1ccc(C(C)(C)C)cc1. The van der Waals surface area contributed by atoms with Crippen molar-refractivity contribution in [3.8, 4) is 11.1 Å². The van der Waals surface area contributed by atoms with Gasteiger partial charge in [0.25, 0.3) is 0 Å². The second-order valence-corrected chi connectivity index (χ2v) is 19.3. The molecule has 0 aliphatic rings. The van der Waals surface area contributed by atoms with Crippen molar-refractivity contribution in [1.82, 2.24) is 0 Å². The van der Waals surface area contributed by atoms with Crippen LogP contribution in [0.3, 0.4) is 0 Å². The third-order valence-corrected chi connectivity index (χ3v) is 11.8. The minimum Gasteiger partial charge on any atom is -0.0616 e. The van der Waals surface area contributed by atoms with E-state index in [2.05, 4.69) is 229 Å². The van der Waals surface area contributed by atoms with Crippen LogP contribution in [0.4, 0.5) is 0 Å². The van der Waals surface area contributed by atoms with E-state index in [1.165, 1.54) is 98.4 Å². The summed E-state index contributed by atoms with van der Waals surface area (Å²) in [5.41, 5.74) is 11.6. The zero-order valence-electron chi connectivity index (χ0n) is 36.4. The van der Waals surface area contributed by atoms with Crippen LogP contribution < -0.4 is 0 Å². The highest BCUT2D eigenvalue weighted by Gasteiger charge is 2.20. The Balaban J connectivity index is 0.000000184. The van der Waals surface area contributed by atoms with E-state index in [1.807, 2.05) is 0 Å². The molecule has 0 saturated heterocycles. The number of hydrogen-bond donors (Lipinski definition) is 0. The summed E-state index contributed by atoms with van der Waals surface area (Å²) in [5.74, 6) is 0. The molecule has 9 aromatic rings. The van der Waals surface area contributed by atoms with E-state index in [0.29, 0.717) is 0 Å². The van der Waals surface area contributed by atoms with Gasteiger partial charge in [0, 0.05) is 0 Å². The van der Waals surface area contributed by atoms with E-state index in [-0.39, 0.29) is 16.2 Å². The number of fused-ring (bicyclic) bond motifs is 2. The van der Waals surface area contributed by atoms with Crippen molar-refractivity contribution >= 4 is 53.9 Å². The summed E-state index contributed by atoms with van der Waals surface area (Å²) in [6, 6.07) is 54.0. The van der Waals surface area contributed by atoms with E-state index < -0.39 is 0 Å². The molecule has 0 heterocycles. The number of rotatable bonds is 1. The number of aryl methyl sites for hydroxylation is 3. The molecule has 288 valence electrons. The summed E-state index contributed by atoms with van der Waals surface area (Å²) in [6.07, 6.45) is 0. The summed E-state index contributed by atoms with van der Waals surface area (Å²) in [5, 5.41) is 13.4. The van der Waals surface area contributed by atoms with Gasteiger partial charge < -0.3 is 0 Å². The van der Waals surface area contributed by atoms with Crippen LogP contribution in [0.1, 0.15) is 95.7 Å². The van der Waals surface area contributed by atoms with Crippen LogP contribution in [0.15, 0.2) is 146 Å². The molecular weight excluding hydrogens is 685 g/mol. The molecule has 0 nitrogen and oxygen atoms in total. The van der Waals surface area contributed by atoms with E-state index in [0.717, 1.165) is 0 Å². The Bertz CT molecular complexity index is 2700. The summed E-state index contributed by atoms with van der Waals surface area (Å²) in [7, 11) is 0. The summed E-state index contributed by atoms with van der Waals surface area (Å²) in [6.45, 7) is 26.8. The van der Waals surface area contributed by atoms with Crippen LogP contribution >= 0.6 is 0 Å². The lowest BCUT2D eigenvalue weighted by atomic mass is 9.82. The third-order valence-electron chi connectivity index (χ3n) is 11.8. The van der Waals surface area contributed by atoms with Gasteiger partial charge in [0.2, 0.25) is 0 Å². The fourth-order valence-corrected chi connectivity index (χ4v) is 8.21. The second kappa shape index (κ2) is 15.1. The van der Waals surface area contributed by atoms with Crippen molar-refractivity contribution in [2.75, 3.05) is 0 Å². The first-order valence-electron chi connectivity index (χ1n) is 20.7. The summed E-state index contributed by atoms with van der Waals surface area (Å²) in [4.78, 5) is 0. The molecule has 0 atom stereocenters. The number of hydrogen-bond acceptors (Lipinski definition) is 0. The first-order valence-corrected chi connectivity index (χ1v) is 20.7. The fraction of sp³-hybridized carbons (Fsp3) is 0.263. The van der Waals surface area contributed by atoms with Crippen LogP contribution in [-0.4, -0.2) is 0 Å². The monoisotopic (exact) mass is 744 g/mol. The van der Waals surface area contributed by atoms with Crippen molar-refractivity contribution in [1.29, 1.82) is 0 Å². The van der Waals surface area contributed by atoms with Gasteiger partial charge in [-0.25, -0.2) is 0 Å². The van der Waals surface area contributed by atoms with Gasteiger partial charge in [0.05, 0.1) is 0 Å². The Labute approximate surface area is 341 Å². The van der Waals surface area contributed by atoms with Gasteiger partial charge in [-0.2, -0.15) is 0 Å². The standard InChI is InChI=1S/C35H28.2C11H16/c1-21-26-9-5-7-11-28(26)34(29-12-8-6-10-27(21)29)31-17-15-22-13-14-23-19-25(35(2,3)4)20-24-16-18-30(31)33(22)32(23)24;2*1-9-5-7-10(8-6-9)11(2,3)4/h5-20H,1-4H3;2*5-8H,1-4H3. The van der Waals surface area contributed by atoms with Crippen molar-refractivity contribution in [3.05, 3.63) is 179 Å². The molecule has 0 bridgehead atoms. The predicted molar refractivity (Wildman–Crippen MR) is 254 cm³/mol. The van der Waals surface area contributed by atoms with Gasteiger partial charge in [0.15, 0.2) is 0 Å². The Morgan fingerprint density at radius 3 is 1.14 bits per heavy atom. The molecule has 0 radical (unpaired) electrons. The zero-order valence-corrected chi connectivity index (χ0v) is 36.4. The number of benzene rings is 9. The van der Waals surface area contributed by atoms with E-state index in [4.69, 9.17) is 0 Å². The molecule has 0 saturated carbocycles. The smallest absolute Gasteiger partial charge is 0.00204 e. The van der Waals surface area contributed by atoms with E-state index >= 15 is 0 Å². The topological polar surface area (TPSA) is 0 Å². The van der Waals surface area contributed by atoms with Crippen LogP contribution in [0.5, 0.6) is 0 Å². The maximum Gasteiger partial charge on any atom is -0.00204 e. The molecule has 0 N–H and O–H groups in total. The largest absolute Gasteiger partial charge is 0.0616 e. The van der Waals surface area contributed by atoms with E-state index in [9.17, 15) is 0 Å². The molecule has 0 aliphatic carbocycles. The molecule has 0 amide bonds. The Hall–Kier alpha value is -5.46. The Morgan fingerprint density at radius 1 is 0.316 bits per heavy atom. The van der Waals surface area contributed by atoms with Crippen molar-refractivity contribution < 1.29 is 0 Å². The molecule has 9 aromatic carbocycles. The first-order chi connectivity index (χ1) is 26.9. The minimum absolute atomic E-state index is 0.120. The minimum atomic E-state index is 0.120.